The molecule has 1 aliphatic heterocycles. The number of hydrogen-bond donors (Lipinski definition) is 0. The zero-order valence-electron chi connectivity index (χ0n) is 15.3. The highest BCUT2D eigenvalue weighted by atomic mass is 15.3. The quantitative estimate of drug-likeness (QED) is 0.708. The number of rotatable bonds is 5. The molecule has 0 spiro atoms. The van der Waals surface area contributed by atoms with Crippen molar-refractivity contribution >= 4 is 0 Å². The van der Waals surface area contributed by atoms with Crippen molar-refractivity contribution < 1.29 is 0 Å². The Morgan fingerprint density at radius 2 is 1.42 bits per heavy atom. The normalized spacial score (nSPS) is 16.2. The average molecular weight is 346 g/mol. The van der Waals surface area contributed by atoms with E-state index in [0.717, 1.165) is 38.5 Å². The van der Waals surface area contributed by atoms with E-state index < -0.39 is 0 Å². The molecule has 3 aromatic rings. The maximum absolute atomic E-state index is 4.47. The van der Waals surface area contributed by atoms with Crippen molar-refractivity contribution in [2.24, 2.45) is 7.05 Å². The third-order valence-electron chi connectivity index (χ3n) is 5.29. The van der Waals surface area contributed by atoms with Crippen LogP contribution in [0.25, 0.3) is 0 Å². The summed E-state index contributed by atoms with van der Waals surface area (Å²) in [6.45, 7) is 5.21. The van der Waals surface area contributed by atoms with Crippen molar-refractivity contribution in [1.29, 1.82) is 0 Å². The lowest BCUT2D eigenvalue weighted by Gasteiger charge is -2.39. The molecule has 4 rings (SSSR count). The van der Waals surface area contributed by atoms with Gasteiger partial charge in [0.25, 0.3) is 0 Å². The SMILES string of the molecule is Cn1ccnc1CN1CCN(C(c2ccccc2)c2ccccc2)CC1. The lowest BCUT2D eigenvalue weighted by molar-refractivity contribution is 0.102. The smallest absolute Gasteiger partial charge is 0.122 e. The average Bonchev–Trinajstić information content (AvgIpc) is 3.10. The Morgan fingerprint density at radius 3 is 1.92 bits per heavy atom. The molecule has 0 N–H and O–H groups in total. The Labute approximate surface area is 155 Å². The predicted molar refractivity (Wildman–Crippen MR) is 105 cm³/mol. The molecule has 1 fully saturated rings. The molecule has 0 aliphatic carbocycles. The van der Waals surface area contributed by atoms with Crippen LogP contribution in [0, 0.1) is 0 Å². The summed E-state index contributed by atoms with van der Waals surface area (Å²) in [7, 11) is 2.07. The van der Waals surface area contributed by atoms with E-state index in [1.54, 1.807) is 0 Å². The Morgan fingerprint density at radius 1 is 0.846 bits per heavy atom. The minimum absolute atomic E-state index is 0.327. The molecule has 1 aliphatic rings. The summed E-state index contributed by atoms with van der Waals surface area (Å²) in [5.41, 5.74) is 2.74. The van der Waals surface area contributed by atoms with Gasteiger partial charge in [-0.25, -0.2) is 4.98 Å². The van der Waals surface area contributed by atoms with Gasteiger partial charge in [0.2, 0.25) is 0 Å². The lowest BCUT2D eigenvalue weighted by atomic mass is 9.96. The van der Waals surface area contributed by atoms with Crippen LogP contribution in [-0.4, -0.2) is 45.5 Å². The standard InChI is InChI=1S/C22H26N4/c1-24-13-12-23-21(24)18-25-14-16-26(17-15-25)22(19-8-4-2-5-9-19)20-10-6-3-7-11-20/h2-13,22H,14-18H2,1H3. The van der Waals surface area contributed by atoms with Crippen LogP contribution in [0.2, 0.25) is 0 Å². The molecular weight excluding hydrogens is 320 g/mol. The largest absolute Gasteiger partial charge is 0.337 e. The molecule has 0 amide bonds. The first kappa shape index (κ1) is 17.0. The first-order valence-corrected chi connectivity index (χ1v) is 9.34. The van der Waals surface area contributed by atoms with Crippen molar-refractivity contribution in [2.45, 2.75) is 12.6 Å². The number of imidazole rings is 1. The van der Waals surface area contributed by atoms with Crippen LogP contribution in [0.4, 0.5) is 0 Å². The predicted octanol–water partition coefficient (Wildman–Crippen LogP) is 3.33. The summed E-state index contributed by atoms with van der Waals surface area (Å²) in [6, 6.07) is 22.1. The molecule has 2 heterocycles. The molecule has 4 heteroatoms. The molecule has 1 saturated heterocycles. The van der Waals surface area contributed by atoms with Crippen LogP contribution in [0.15, 0.2) is 73.1 Å². The summed E-state index contributed by atoms with van der Waals surface area (Å²) in [4.78, 5) is 9.58. The van der Waals surface area contributed by atoms with Gasteiger partial charge in [-0.05, 0) is 11.1 Å². The topological polar surface area (TPSA) is 24.3 Å². The van der Waals surface area contributed by atoms with E-state index in [4.69, 9.17) is 0 Å². The molecule has 0 saturated carbocycles. The molecule has 0 atom stereocenters. The summed E-state index contributed by atoms with van der Waals surface area (Å²) in [5.74, 6) is 1.14. The number of piperazine rings is 1. The Hall–Kier alpha value is -2.43. The van der Waals surface area contributed by atoms with E-state index in [2.05, 4.69) is 87.1 Å². The fraction of sp³-hybridized carbons (Fsp3) is 0.318. The number of aromatic nitrogens is 2. The number of hydrogen-bond acceptors (Lipinski definition) is 3. The van der Waals surface area contributed by atoms with Gasteiger partial charge in [-0.3, -0.25) is 9.80 Å². The Kier molecular flexibility index (Phi) is 5.14. The van der Waals surface area contributed by atoms with Gasteiger partial charge in [-0.15, -0.1) is 0 Å². The van der Waals surface area contributed by atoms with Gasteiger partial charge in [-0.2, -0.15) is 0 Å². The fourth-order valence-electron chi connectivity index (χ4n) is 3.81. The highest BCUT2D eigenvalue weighted by molar-refractivity contribution is 5.31. The Balaban J connectivity index is 1.49. The second kappa shape index (κ2) is 7.85. The lowest BCUT2D eigenvalue weighted by Crippen LogP contribution is -2.47. The van der Waals surface area contributed by atoms with Gasteiger partial charge in [0.15, 0.2) is 0 Å². The first-order chi connectivity index (χ1) is 12.8. The van der Waals surface area contributed by atoms with Gasteiger partial charge in [-0.1, -0.05) is 60.7 Å². The van der Waals surface area contributed by atoms with Crippen LogP contribution in [0.3, 0.4) is 0 Å². The van der Waals surface area contributed by atoms with Crippen molar-refractivity contribution in [1.82, 2.24) is 19.4 Å². The molecule has 0 unspecified atom stereocenters. The van der Waals surface area contributed by atoms with Crippen LogP contribution < -0.4 is 0 Å². The monoisotopic (exact) mass is 346 g/mol. The molecule has 4 nitrogen and oxygen atoms in total. The van der Waals surface area contributed by atoms with E-state index in [1.165, 1.54) is 11.1 Å². The number of nitrogens with zero attached hydrogens (tertiary/aromatic N) is 4. The minimum Gasteiger partial charge on any atom is -0.337 e. The zero-order chi connectivity index (χ0) is 17.8. The van der Waals surface area contributed by atoms with Crippen LogP contribution in [0.5, 0.6) is 0 Å². The third-order valence-corrected chi connectivity index (χ3v) is 5.29. The van der Waals surface area contributed by atoms with E-state index in [9.17, 15) is 0 Å². The summed E-state index contributed by atoms with van der Waals surface area (Å²) in [5, 5.41) is 0. The van der Waals surface area contributed by atoms with Crippen LogP contribution in [-0.2, 0) is 13.6 Å². The second-order valence-corrected chi connectivity index (χ2v) is 6.99. The molecule has 0 radical (unpaired) electrons. The number of aryl methyl sites for hydroxylation is 1. The fourth-order valence-corrected chi connectivity index (χ4v) is 3.81. The molecule has 134 valence electrons. The molecule has 26 heavy (non-hydrogen) atoms. The first-order valence-electron chi connectivity index (χ1n) is 9.34. The van der Waals surface area contributed by atoms with Crippen molar-refractivity contribution in [2.75, 3.05) is 26.2 Å². The van der Waals surface area contributed by atoms with E-state index in [-0.39, 0.29) is 0 Å². The van der Waals surface area contributed by atoms with Crippen LogP contribution >= 0.6 is 0 Å². The second-order valence-electron chi connectivity index (χ2n) is 6.99. The zero-order valence-corrected chi connectivity index (χ0v) is 15.3. The number of benzene rings is 2. The van der Waals surface area contributed by atoms with Crippen molar-refractivity contribution in [3.05, 3.63) is 90.0 Å². The molecular formula is C22H26N4. The highest BCUT2D eigenvalue weighted by Crippen LogP contribution is 2.29. The van der Waals surface area contributed by atoms with Gasteiger partial charge in [0.1, 0.15) is 5.82 Å². The van der Waals surface area contributed by atoms with E-state index in [1.807, 2.05) is 12.4 Å². The summed E-state index contributed by atoms with van der Waals surface area (Å²) < 4.78 is 2.11. The third kappa shape index (κ3) is 3.71. The molecule has 0 bridgehead atoms. The highest BCUT2D eigenvalue weighted by Gasteiger charge is 2.26. The van der Waals surface area contributed by atoms with Crippen molar-refractivity contribution in [3.63, 3.8) is 0 Å². The van der Waals surface area contributed by atoms with E-state index >= 15 is 0 Å². The summed E-state index contributed by atoms with van der Waals surface area (Å²) >= 11 is 0. The maximum Gasteiger partial charge on any atom is 0.122 e. The van der Waals surface area contributed by atoms with Gasteiger partial charge < -0.3 is 4.57 Å². The van der Waals surface area contributed by atoms with E-state index in [0.29, 0.717) is 6.04 Å². The van der Waals surface area contributed by atoms with Gasteiger partial charge in [0, 0.05) is 45.6 Å². The Bertz CT molecular complexity index is 765. The van der Waals surface area contributed by atoms with Crippen LogP contribution in [0.1, 0.15) is 23.0 Å². The molecule has 1 aromatic heterocycles. The van der Waals surface area contributed by atoms with Crippen molar-refractivity contribution in [3.8, 4) is 0 Å². The minimum atomic E-state index is 0.327. The molecule has 2 aromatic carbocycles. The maximum atomic E-state index is 4.47. The van der Waals surface area contributed by atoms with Gasteiger partial charge in [0.05, 0.1) is 12.6 Å². The van der Waals surface area contributed by atoms with Gasteiger partial charge >= 0.3 is 0 Å². The summed E-state index contributed by atoms with van der Waals surface area (Å²) in [6.07, 6.45) is 3.90.